The standard InChI is InChI=1S/C21H20FN5O/c22-16-9-6-10-17(12-11-16)23-14-18-13-19(28)27-21(24-18)25-20(26-27)15-7-4-2-1-3-5-8-15/h1-4,7,9-13,23H,5-6,8,14H2,(H,24,25,26)/b3-1-,4-2-,15-7+. The first kappa shape index (κ1) is 17.9. The van der Waals surface area contributed by atoms with E-state index in [9.17, 15) is 9.18 Å². The van der Waals surface area contributed by atoms with Gasteiger partial charge in [-0.3, -0.25) is 9.89 Å². The lowest BCUT2D eigenvalue weighted by molar-refractivity contribution is 0.663. The molecule has 0 bridgehead atoms. The number of fused-ring (bicyclic) bond motifs is 1. The molecule has 6 nitrogen and oxygen atoms in total. The third kappa shape index (κ3) is 4.09. The summed E-state index contributed by atoms with van der Waals surface area (Å²) in [5.41, 5.74) is 2.16. The van der Waals surface area contributed by atoms with Crippen molar-refractivity contribution in [3.63, 3.8) is 0 Å². The van der Waals surface area contributed by atoms with Crippen LogP contribution in [0.25, 0.3) is 11.4 Å². The van der Waals surface area contributed by atoms with Gasteiger partial charge in [0.2, 0.25) is 0 Å². The second-order valence-electron chi connectivity index (χ2n) is 6.51. The summed E-state index contributed by atoms with van der Waals surface area (Å²) in [6.07, 6.45) is 18.7. The lowest BCUT2D eigenvalue weighted by Gasteiger charge is -2.06. The molecule has 2 aromatic rings. The molecular formula is C21H20FN5O. The normalized spacial score (nSPS) is 21.0. The SMILES string of the molecule is O=c1cc(CNC2=CCC=C(F)C=C2)nc2nc(/C3=C/C=C\C=C/CC3)[nH]n12. The Labute approximate surface area is 161 Å². The molecule has 0 aliphatic heterocycles. The molecule has 0 saturated heterocycles. The van der Waals surface area contributed by atoms with Gasteiger partial charge in [-0.15, -0.1) is 0 Å². The van der Waals surface area contributed by atoms with Gasteiger partial charge in [0, 0.05) is 11.8 Å². The Morgan fingerprint density at radius 3 is 3.04 bits per heavy atom. The van der Waals surface area contributed by atoms with Gasteiger partial charge in [-0.1, -0.05) is 36.5 Å². The van der Waals surface area contributed by atoms with Crippen LogP contribution in [0.2, 0.25) is 0 Å². The average molecular weight is 377 g/mol. The minimum absolute atomic E-state index is 0.222. The summed E-state index contributed by atoms with van der Waals surface area (Å²) >= 11 is 0. The van der Waals surface area contributed by atoms with Gasteiger partial charge < -0.3 is 5.32 Å². The van der Waals surface area contributed by atoms with Crippen molar-refractivity contribution in [3.05, 3.63) is 94.1 Å². The highest BCUT2D eigenvalue weighted by molar-refractivity contribution is 5.63. The maximum Gasteiger partial charge on any atom is 0.274 e. The van der Waals surface area contributed by atoms with Crippen LogP contribution < -0.4 is 10.9 Å². The van der Waals surface area contributed by atoms with Crippen molar-refractivity contribution >= 4 is 11.4 Å². The molecule has 0 atom stereocenters. The van der Waals surface area contributed by atoms with E-state index in [0.29, 0.717) is 30.3 Å². The van der Waals surface area contributed by atoms with Gasteiger partial charge in [0.1, 0.15) is 5.83 Å². The summed E-state index contributed by atoms with van der Waals surface area (Å²) < 4.78 is 14.6. The number of allylic oxidation sites excluding steroid dienone is 11. The Morgan fingerprint density at radius 2 is 2.11 bits per heavy atom. The predicted octanol–water partition coefficient (Wildman–Crippen LogP) is 3.49. The molecule has 28 heavy (non-hydrogen) atoms. The van der Waals surface area contributed by atoms with Gasteiger partial charge in [0.25, 0.3) is 11.3 Å². The predicted molar refractivity (Wildman–Crippen MR) is 107 cm³/mol. The Bertz CT molecular complexity index is 1130. The highest BCUT2D eigenvalue weighted by atomic mass is 19.1. The first-order valence-corrected chi connectivity index (χ1v) is 9.18. The van der Waals surface area contributed by atoms with Crippen molar-refractivity contribution in [2.45, 2.75) is 25.8 Å². The molecule has 0 unspecified atom stereocenters. The third-order valence-corrected chi connectivity index (χ3v) is 4.47. The van der Waals surface area contributed by atoms with Gasteiger partial charge in [-0.05, 0) is 43.1 Å². The molecule has 2 aromatic heterocycles. The summed E-state index contributed by atoms with van der Waals surface area (Å²) in [5, 5.41) is 6.21. The lowest BCUT2D eigenvalue weighted by atomic mass is 10.1. The Hall–Kier alpha value is -3.48. The van der Waals surface area contributed by atoms with Crippen molar-refractivity contribution in [2.75, 3.05) is 0 Å². The van der Waals surface area contributed by atoms with Crippen LogP contribution in [0.4, 0.5) is 4.39 Å². The van der Waals surface area contributed by atoms with E-state index in [0.717, 1.165) is 24.1 Å². The number of H-pyrrole nitrogens is 1. The maximum atomic E-state index is 13.2. The molecule has 4 rings (SSSR count). The summed E-state index contributed by atoms with van der Waals surface area (Å²) in [7, 11) is 0. The topological polar surface area (TPSA) is 75.1 Å². The minimum atomic E-state index is -0.260. The molecule has 0 radical (unpaired) electrons. The van der Waals surface area contributed by atoms with Gasteiger partial charge in [-0.2, -0.15) is 9.50 Å². The van der Waals surface area contributed by atoms with Crippen LogP contribution in [0.5, 0.6) is 0 Å². The number of halogens is 1. The van der Waals surface area contributed by atoms with Crippen LogP contribution in [-0.4, -0.2) is 19.6 Å². The number of aromatic amines is 1. The summed E-state index contributed by atoms with van der Waals surface area (Å²) in [5.74, 6) is 0.717. The molecule has 2 aliphatic rings. The zero-order chi connectivity index (χ0) is 19.3. The fraction of sp³-hybridized carbons (Fsp3) is 0.190. The third-order valence-electron chi connectivity index (χ3n) is 4.47. The fourth-order valence-corrected chi connectivity index (χ4v) is 3.02. The quantitative estimate of drug-likeness (QED) is 0.855. The second-order valence-corrected chi connectivity index (χ2v) is 6.51. The summed E-state index contributed by atoms with van der Waals surface area (Å²) in [4.78, 5) is 21.4. The van der Waals surface area contributed by atoms with E-state index in [1.54, 1.807) is 6.08 Å². The summed E-state index contributed by atoms with van der Waals surface area (Å²) in [6.45, 7) is 0.349. The lowest BCUT2D eigenvalue weighted by Crippen LogP contribution is -2.19. The Kier molecular flexibility index (Phi) is 5.14. The molecular weight excluding hydrogens is 357 g/mol. The van der Waals surface area contributed by atoms with Crippen LogP contribution in [0.15, 0.2) is 77.1 Å². The molecule has 2 N–H and O–H groups in total. The number of nitrogens with zero attached hydrogens (tertiary/aromatic N) is 3. The number of hydrogen-bond acceptors (Lipinski definition) is 4. The van der Waals surface area contributed by atoms with E-state index < -0.39 is 0 Å². The fourth-order valence-electron chi connectivity index (χ4n) is 3.02. The molecule has 0 spiro atoms. The van der Waals surface area contributed by atoms with Crippen molar-refractivity contribution in [3.8, 4) is 0 Å². The molecule has 2 aliphatic carbocycles. The molecule has 2 heterocycles. The van der Waals surface area contributed by atoms with Gasteiger partial charge in [0.15, 0.2) is 5.82 Å². The molecule has 0 amide bonds. The zero-order valence-corrected chi connectivity index (χ0v) is 15.2. The highest BCUT2D eigenvalue weighted by Gasteiger charge is 2.11. The number of hydrogen-bond donors (Lipinski definition) is 2. The Balaban J connectivity index is 1.56. The van der Waals surface area contributed by atoms with Gasteiger partial charge in [0.05, 0.1) is 12.2 Å². The summed E-state index contributed by atoms with van der Waals surface area (Å²) in [6, 6.07) is 1.47. The Morgan fingerprint density at radius 1 is 1.18 bits per heavy atom. The maximum absolute atomic E-state index is 13.2. The smallest absolute Gasteiger partial charge is 0.274 e. The van der Waals surface area contributed by atoms with Crippen LogP contribution in [-0.2, 0) is 6.54 Å². The average Bonchev–Trinajstić information content (AvgIpc) is 2.96. The largest absolute Gasteiger partial charge is 0.380 e. The molecule has 0 aromatic carbocycles. The first-order chi connectivity index (χ1) is 13.7. The van der Waals surface area contributed by atoms with E-state index in [-0.39, 0.29) is 11.4 Å². The monoisotopic (exact) mass is 377 g/mol. The number of aromatic nitrogens is 4. The minimum Gasteiger partial charge on any atom is -0.380 e. The van der Waals surface area contributed by atoms with E-state index in [2.05, 4.69) is 26.5 Å². The van der Waals surface area contributed by atoms with Gasteiger partial charge >= 0.3 is 0 Å². The number of nitrogens with one attached hydrogen (secondary N) is 2. The van der Waals surface area contributed by atoms with Crippen LogP contribution >= 0.6 is 0 Å². The molecule has 142 valence electrons. The molecule has 0 saturated carbocycles. The van der Waals surface area contributed by atoms with Crippen LogP contribution in [0.1, 0.15) is 30.8 Å². The van der Waals surface area contributed by atoms with E-state index in [1.807, 2.05) is 30.4 Å². The van der Waals surface area contributed by atoms with Crippen molar-refractivity contribution in [2.24, 2.45) is 0 Å². The number of rotatable bonds is 4. The van der Waals surface area contributed by atoms with Crippen molar-refractivity contribution < 1.29 is 4.39 Å². The highest BCUT2D eigenvalue weighted by Crippen LogP contribution is 2.18. The van der Waals surface area contributed by atoms with Crippen molar-refractivity contribution in [1.29, 1.82) is 0 Å². The van der Waals surface area contributed by atoms with Crippen molar-refractivity contribution in [1.82, 2.24) is 24.9 Å². The zero-order valence-electron chi connectivity index (χ0n) is 15.2. The van der Waals surface area contributed by atoms with E-state index >= 15 is 0 Å². The van der Waals surface area contributed by atoms with Crippen LogP contribution in [0.3, 0.4) is 0 Å². The first-order valence-electron chi connectivity index (χ1n) is 9.18. The van der Waals surface area contributed by atoms with Gasteiger partial charge in [-0.25, -0.2) is 9.37 Å². The van der Waals surface area contributed by atoms with E-state index in [4.69, 9.17) is 0 Å². The second kappa shape index (κ2) is 8.04. The molecule has 7 heteroatoms. The molecule has 0 fully saturated rings. The van der Waals surface area contributed by atoms with Crippen LogP contribution in [0, 0.1) is 0 Å². The van der Waals surface area contributed by atoms with E-state index in [1.165, 1.54) is 22.7 Å².